The zero-order chi connectivity index (χ0) is 24.0. The Morgan fingerprint density at radius 3 is 2.76 bits per heavy atom. The van der Waals surface area contributed by atoms with Gasteiger partial charge in [0.2, 0.25) is 0 Å². The predicted molar refractivity (Wildman–Crippen MR) is 133 cm³/mol. The van der Waals surface area contributed by atoms with Crippen LogP contribution in [0.15, 0.2) is 35.1 Å². The predicted octanol–water partition coefficient (Wildman–Crippen LogP) is 2.96. The number of anilines is 2. The number of aromatic nitrogens is 5. The van der Waals surface area contributed by atoms with Crippen molar-refractivity contribution in [3.63, 3.8) is 0 Å². The molecule has 0 amide bonds. The number of hydrogen-bond acceptors (Lipinski definition) is 8. The quantitative estimate of drug-likeness (QED) is 0.419. The molecule has 0 saturated carbocycles. The van der Waals surface area contributed by atoms with E-state index < -0.39 is 10.0 Å². The summed E-state index contributed by atoms with van der Waals surface area (Å²) in [6.07, 6.45) is 9.83. The summed E-state index contributed by atoms with van der Waals surface area (Å²) < 4.78 is 30.8. The first kappa shape index (κ1) is 23.0. The summed E-state index contributed by atoms with van der Waals surface area (Å²) in [7, 11) is 1.45. The van der Waals surface area contributed by atoms with Crippen molar-refractivity contribution in [2.45, 2.75) is 29.9 Å². The van der Waals surface area contributed by atoms with Crippen LogP contribution in [0, 0.1) is 6.92 Å². The number of nitrogens with zero attached hydrogens (tertiary/aromatic N) is 6. The van der Waals surface area contributed by atoms with Crippen LogP contribution in [0.2, 0.25) is 0 Å². The lowest BCUT2D eigenvalue weighted by Gasteiger charge is -2.23. The van der Waals surface area contributed by atoms with Gasteiger partial charge in [-0.3, -0.25) is 9.08 Å². The molecule has 4 aromatic rings. The third-order valence-corrected chi connectivity index (χ3v) is 9.64. The topological polar surface area (TPSA) is 109 Å². The number of nitrogens with one attached hydrogen (secondary N) is 2. The standard InChI is InChI=1S/C22H28N8O2S2/c1-14-8-19(33-22(14)34(31,32)28(2)3)27-20-21-24-11-18(16-10-25-29(4)12-16)30(21)13-17(26-20)15-6-5-7-23-9-15/h8,10-13,15,23H,5-7,9H2,1-4H3,(H,26,27). The van der Waals surface area contributed by atoms with Crippen molar-refractivity contribution >= 4 is 37.8 Å². The Kier molecular flexibility index (Phi) is 5.92. The third-order valence-electron chi connectivity index (χ3n) is 6.06. The molecule has 12 heteroatoms. The van der Waals surface area contributed by atoms with Gasteiger partial charge in [-0.25, -0.2) is 22.7 Å². The highest BCUT2D eigenvalue weighted by Crippen LogP contribution is 2.35. The Morgan fingerprint density at radius 2 is 2.09 bits per heavy atom. The van der Waals surface area contributed by atoms with E-state index in [4.69, 9.17) is 4.98 Å². The fourth-order valence-corrected chi connectivity index (χ4v) is 6.96. The number of thiophene rings is 1. The summed E-state index contributed by atoms with van der Waals surface area (Å²) >= 11 is 1.20. The Hall–Kier alpha value is -2.80. The second kappa shape index (κ2) is 8.77. The highest BCUT2D eigenvalue weighted by atomic mass is 32.2. The molecular weight excluding hydrogens is 472 g/mol. The van der Waals surface area contributed by atoms with Crippen LogP contribution in [0.3, 0.4) is 0 Å². The van der Waals surface area contributed by atoms with Crippen molar-refractivity contribution in [3.05, 3.63) is 42.1 Å². The second-order valence-electron chi connectivity index (χ2n) is 8.79. The van der Waals surface area contributed by atoms with Crippen molar-refractivity contribution in [3.8, 4) is 11.3 Å². The van der Waals surface area contributed by atoms with Gasteiger partial charge in [-0.1, -0.05) is 0 Å². The van der Waals surface area contributed by atoms with Gasteiger partial charge in [-0.2, -0.15) is 5.10 Å². The van der Waals surface area contributed by atoms with Gasteiger partial charge >= 0.3 is 0 Å². The average molecular weight is 501 g/mol. The molecule has 1 saturated heterocycles. The fraction of sp³-hybridized carbons (Fsp3) is 0.409. The highest BCUT2D eigenvalue weighted by molar-refractivity contribution is 7.91. The van der Waals surface area contributed by atoms with Crippen molar-refractivity contribution in [1.82, 2.24) is 33.8 Å². The lowest BCUT2D eigenvalue weighted by atomic mass is 9.96. The summed E-state index contributed by atoms with van der Waals surface area (Å²) in [5.74, 6) is 0.894. The van der Waals surface area contributed by atoms with Crippen molar-refractivity contribution < 1.29 is 8.42 Å². The lowest BCUT2D eigenvalue weighted by Crippen LogP contribution is -2.29. The normalized spacial score (nSPS) is 17.0. The van der Waals surface area contributed by atoms with Crippen LogP contribution >= 0.6 is 11.3 Å². The Morgan fingerprint density at radius 1 is 1.26 bits per heavy atom. The Labute approximate surface area is 202 Å². The van der Waals surface area contributed by atoms with Crippen LogP contribution in [0.1, 0.15) is 30.0 Å². The van der Waals surface area contributed by atoms with Gasteiger partial charge in [0.1, 0.15) is 4.21 Å². The van der Waals surface area contributed by atoms with Crippen LogP contribution < -0.4 is 10.6 Å². The molecule has 1 atom stereocenters. The molecular formula is C22H28N8O2S2. The minimum absolute atomic E-state index is 0.289. The second-order valence-corrected chi connectivity index (χ2v) is 12.2. The van der Waals surface area contributed by atoms with Crippen LogP contribution in [0.5, 0.6) is 0 Å². The monoisotopic (exact) mass is 500 g/mol. The molecule has 180 valence electrons. The molecule has 5 rings (SSSR count). The Balaban J connectivity index is 1.61. The van der Waals surface area contributed by atoms with E-state index in [-0.39, 0.29) is 5.92 Å². The van der Waals surface area contributed by atoms with Crippen LogP contribution in [0.25, 0.3) is 16.9 Å². The lowest BCUT2D eigenvalue weighted by molar-refractivity contribution is 0.454. The number of hydrogen-bond donors (Lipinski definition) is 2. The van der Waals surface area contributed by atoms with Crippen LogP contribution in [-0.2, 0) is 17.1 Å². The molecule has 34 heavy (non-hydrogen) atoms. The van der Waals surface area contributed by atoms with Gasteiger partial charge in [-0.15, -0.1) is 11.3 Å². The smallest absolute Gasteiger partial charge is 0.252 e. The van der Waals surface area contributed by atoms with Gasteiger partial charge in [0.05, 0.1) is 28.8 Å². The molecule has 4 aromatic heterocycles. The zero-order valence-electron chi connectivity index (χ0n) is 19.6. The van der Waals surface area contributed by atoms with E-state index in [1.165, 1.54) is 15.6 Å². The first-order valence-electron chi connectivity index (χ1n) is 11.1. The molecule has 1 aliphatic heterocycles. The van der Waals surface area contributed by atoms with Gasteiger partial charge < -0.3 is 10.6 Å². The number of imidazole rings is 1. The summed E-state index contributed by atoms with van der Waals surface area (Å²) in [6.45, 7) is 3.70. The number of fused-ring (bicyclic) bond motifs is 1. The minimum Gasteiger partial charge on any atom is -0.329 e. The molecule has 10 nitrogen and oxygen atoms in total. The summed E-state index contributed by atoms with van der Waals surface area (Å²) in [6, 6.07) is 1.85. The first-order chi connectivity index (χ1) is 16.2. The number of piperidine rings is 1. The van der Waals surface area contributed by atoms with Gasteiger partial charge in [-0.05, 0) is 37.9 Å². The molecule has 2 N–H and O–H groups in total. The number of rotatable bonds is 6. The fourth-order valence-electron chi connectivity index (χ4n) is 4.22. The van der Waals surface area contributed by atoms with E-state index in [0.29, 0.717) is 26.2 Å². The molecule has 0 aromatic carbocycles. The van der Waals surface area contributed by atoms with E-state index in [1.807, 2.05) is 36.1 Å². The molecule has 1 aliphatic rings. The van der Waals surface area contributed by atoms with E-state index >= 15 is 0 Å². The van der Waals surface area contributed by atoms with Crippen LogP contribution in [-0.4, -0.2) is 64.1 Å². The van der Waals surface area contributed by atoms with Crippen molar-refractivity contribution in [2.75, 3.05) is 32.5 Å². The van der Waals surface area contributed by atoms with Gasteiger partial charge in [0.15, 0.2) is 11.5 Å². The number of sulfonamides is 1. The van der Waals surface area contributed by atoms with Gasteiger partial charge in [0.25, 0.3) is 10.0 Å². The number of aryl methyl sites for hydroxylation is 2. The maximum Gasteiger partial charge on any atom is 0.252 e. The largest absolute Gasteiger partial charge is 0.329 e. The van der Waals surface area contributed by atoms with Crippen molar-refractivity contribution in [2.24, 2.45) is 7.05 Å². The zero-order valence-corrected chi connectivity index (χ0v) is 21.2. The summed E-state index contributed by atoms with van der Waals surface area (Å²) in [4.78, 5) is 9.62. The molecule has 1 unspecified atom stereocenters. The van der Waals surface area contributed by atoms with E-state index in [0.717, 1.165) is 42.9 Å². The highest BCUT2D eigenvalue weighted by Gasteiger charge is 2.25. The SMILES string of the molecule is Cc1cc(Nc2nc(C3CCCNC3)cn3c(-c4cnn(C)c4)cnc23)sc1S(=O)(=O)N(C)C. The Bertz CT molecular complexity index is 1440. The molecule has 5 heterocycles. The first-order valence-corrected chi connectivity index (χ1v) is 13.4. The average Bonchev–Trinajstić information content (AvgIpc) is 3.52. The van der Waals surface area contributed by atoms with Crippen molar-refractivity contribution in [1.29, 1.82) is 0 Å². The maximum absolute atomic E-state index is 12.7. The molecule has 1 fully saturated rings. The van der Waals surface area contributed by atoms with Crippen LogP contribution in [0.4, 0.5) is 10.8 Å². The third kappa shape index (κ3) is 4.11. The van der Waals surface area contributed by atoms with Gasteiger partial charge in [0, 0.05) is 51.6 Å². The van der Waals surface area contributed by atoms with E-state index in [2.05, 4.69) is 26.9 Å². The summed E-state index contributed by atoms with van der Waals surface area (Å²) in [5.41, 5.74) is 4.24. The molecule has 0 radical (unpaired) electrons. The van der Waals surface area contributed by atoms with E-state index in [9.17, 15) is 8.42 Å². The minimum atomic E-state index is -3.52. The maximum atomic E-state index is 12.7. The molecule has 0 aliphatic carbocycles. The summed E-state index contributed by atoms with van der Waals surface area (Å²) in [5, 5.41) is 11.8. The van der Waals surface area contributed by atoms with E-state index in [1.54, 1.807) is 25.7 Å². The molecule has 0 spiro atoms. The molecule has 0 bridgehead atoms.